The van der Waals surface area contributed by atoms with E-state index in [1.165, 1.54) is 0 Å². The highest BCUT2D eigenvalue weighted by Gasteiger charge is 2.13. The van der Waals surface area contributed by atoms with Crippen LogP contribution < -0.4 is 47.0 Å². The number of carbonyl (C=O) groups is 1. The maximum atomic E-state index is 10.3. The van der Waals surface area contributed by atoms with Crippen LogP contribution in [0.5, 0.6) is 0 Å². The minimum Gasteiger partial charge on any atom is -1.00 e. The zero-order valence-corrected chi connectivity index (χ0v) is 9.18. The summed E-state index contributed by atoms with van der Waals surface area (Å²) in [4.78, 5) is 13.0. The van der Waals surface area contributed by atoms with E-state index in [4.69, 9.17) is 16.6 Å². The Morgan fingerprint density at radius 1 is 1.43 bits per heavy atom. The lowest BCUT2D eigenvalue weighted by Gasteiger charge is -1.99. The number of quaternary nitrogens is 1. The second-order valence-corrected chi connectivity index (χ2v) is 2.56. The number of hydrogen-bond donors (Lipinski definition) is 5. The normalized spacial score (nSPS) is 10.4. The summed E-state index contributed by atoms with van der Waals surface area (Å²) >= 11 is 0. The van der Waals surface area contributed by atoms with Crippen LogP contribution in [0.2, 0.25) is 0 Å². The fourth-order valence-corrected chi connectivity index (χ4v) is 0.705. The van der Waals surface area contributed by atoms with E-state index in [0.717, 1.165) is 0 Å². The molecule has 8 heteroatoms. The molecule has 0 aromatic carbocycles. The number of hydrogen-bond acceptors (Lipinski definition) is 1. The van der Waals surface area contributed by atoms with Crippen molar-refractivity contribution in [2.45, 2.75) is 18.9 Å². The molecule has 0 rings (SSSR count). The quantitative estimate of drug-likeness (QED) is 0.143. The first-order valence-electron chi connectivity index (χ1n) is 3.71. The second kappa shape index (κ2) is 10.4. The highest BCUT2D eigenvalue weighted by molar-refractivity contribution is 5.71. The molecule has 0 fully saturated rings. The highest BCUT2D eigenvalue weighted by Crippen LogP contribution is 1.88. The van der Waals surface area contributed by atoms with E-state index in [-0.39, 0.29) is 30.8 Å². The van der Waals surface area contributed by atoms with Gasteiger partial charge in [-0.25, -0.2) is 4.79 Å². The molecular weight excluding hydrogens is 232 g/mol. The Morgan fingerprint density at radius 2 is 1.93 bits per heavy atom. The van der Waals surface area contributed by atoms with Crippen molar-refractivity contribution in [3.05, 3.63) is 0 Å². The molecule has 0 saturated carbocycles. The topological polar surface area (TPSA) is 131 Å². The van der Waals surface area contributed by atoms with Crippen molar-refractivity contribution in [3.63, 3.8) is 0 Å². The summed E-state index contributed by atoms with van der Waals surface area (Å²) in [5.74, 6) is -0.717. The zero-order valence-electron chi connectivity index (χ0n) is 7.67. The van der Waals surface area contributed by atoms with E-state index in [2.05, 4.69) is 10.7 Å². The molecule has 0 radical (unpaired) electrons. The molecule has 0 unspecified atom stereocenters. The molecule has 6 nitrogen and oxygen atoms in total. The lowest BCUT2D eigenvalue weighted by atomic mass is 10.2. The van der Waals surface area contributed by atoms with Crippen molar-refractivity contribution in [2.75, 3.05) is 6.54 Å². The number of nitrogens with one attached hydrogen (secondary N) is 1. The first-order valence-corrected chi connectivity index (χ1v) is 3.71. The summed E-state index contributed by atoms with van der Waals surface area (Å²) < 4.78 is 0. The van der Waals surface area contributed by atoms with Crippen molar-refractivity contribution in [3.8, 4) is 0 Å². The Kier molecular flexibility index (Phi) is 14.0. The summed E-state index contributed by atoms with van der Waals surface area (Å²) in [7, 11) is 0. The first kappa shape index (κ1) is 18.9. The van der Waals surface area contributed by atoms with Gasteiger partial charge in [0.25, 0.3) is 0 Å². The van der Waals surface area contributed by atoms with Gasteiger partial charge in [0.05, 0.1) is 6.54 Å². The van der Waals surface area contributed by atoms with E-state index in [0.29, 0.717) is 19.4 Å². The van der Waals surface area contributed by atoms with Crippen molar-refractivity contribution >= 4 is 11.9 Å². The molecule has 1 atom stereocenters. The van der Waals surface area contributed by atoms with Gasteiger partial charge in [0.2, 0.25) is 0 Å². The van der Waals surface area contributed by atoms with Crippen LogP contribution in [0.15, 0.2) is 0 Å². The first-order chi connectivity index (χ1) is 5.54. The number of carboxylic acids is 1. The van der Waals surface area contributed by atoms with E-state index < -0.39 is 12.0 Å². The minimum atomic E-state index is -0.875. The van der Waals surface area contributed by atoms with Gasteiger partial charge in [-0.3, -0.25) is 16.5 Å². The standard InChI is InChI=1S/C6H14N4O2.2ClH/c7-4(5(11)12)2-1-3-10-6(8)9;;/h4H,1-3,7H2,(H,11,12)(H4,8,9,10);2*1H/t4-;;/m0../s1/i5+1;;. The monoisotopic (exact) mass is 247 g/mol. The molecule has 0 amide bonds. The third-order valence-electron chi connectivity index (χ3n) is 1.41. The maximum absolute atomic E-state index is 10.3. The summed E-state index contributed by atoms with van der Waals surface area (Å²) in [5, 5.41) is 8.45. The average Bonchev–Trinajstić information content (AvgIpc) is 1.97. The smallest absolute Gasteiger partial charge is 0.362 e. The van der Waals surface area contributed by atoms with Crippen LogP contribution >= 0.6 is 0 Å². The fraction of sp³-hybridized carbons (Fsp3) is 0.667. The predicted molar refractivity (Wildman–Crippen MR) is 42.8 cm³/mol. The van der Waals surface area contributed by atoms with E-state index in [1.54, 1.807) is 0 Å². The third-order valence-corrected chi connectivity index (χ3v) is 1.41. The molecule has 0 aromatic rings. The van der Waals surface area contributed by atoms with Gasteiger partial charge in [-0.1, -0.05) is 0 Å². The Hall–Kier alpha value is -0.720. The minimum absolute atomic E-state index is 0. The van der Waals surface area contributed by atoms with E-state index >= 15 is 0 Å². The van der Waals surface area contributed by atoms with Gasteiger partial charge in [0.1, 0.15) is 0 Å². The van der Waals surface area contributed by atoms with E-state index in [9.17, 15) is 4.79 Å². The van der Waals surface area contributed by atoms with Crippen LogP contribution in [0.1, 0.15) is 12.8 Å². The van der Waals surface area contributed by atoms with Gasteiger partial charge in [-0.05, 0) is 6.42 Å². The van der Waals surface area contributed by atoms with Gasteiger partial charge < -0.3 is 35.7 Å². The van der Waals surface area contributed by atoms with Crippen LogP contribution in [-0.2, 0) is 4.79 Å². The number of carboxylic acid groups (broad SMARTS) is 1. The number of rotatable bonds is 5. The van der Waals surface area contributed by atoms with Gasteiger partial charge in [0, 0.05) is 6.42 Å². The van der Waals surface area contributed by atoms with Gasteiger partial charge in [-0.15, -0.1) is 0 Å². The largest absolute Gasteiger partial charge is 1.00 e. The van der Waals surface area contributed by atoms with Crippen molar-refractivity contribution in [1.82, 2.24) is 0 Å². The summed E-state index contributed by atoms with van der Waals surface area (Å²) in [5.41, 5.74) is 13.7. The molecule has 0 spiro atoms. The molecule has 0 aliphatic heterocycles. The summed E-state index contributed by atoms with van der Waals surface area (Å²) in [6.07, 6.45) is 1.22. The maximum Gasteiger partial charge on any atom is 0.362 e. The Bertz CT molecular complexity index is 185. The molecular formula is C6H16Cl2N4O2. The third kappa shape index (κ3) is 11.3. The molecule has 9 N–H and O–H groups in total. The summed E-state index contributed by atoms with van der Waals surface area (Å²) in [6, 6.07) is -0.550. The lowest BCUT2D eigenvalue weighted by molar-refractivity contribution is -0.463. The number of guanidine groups is 1. The summed E-state index contributed by atoms with van der Waals surface area (Å²) in [6.45, 7) is 0.585. The molecule has 86 valence electrons. The molecule has 0 bridgehead atoms. The Morgan fingerprint density at radius 3 is 2.29 bits per heavy atom. The molecule has 14 heavy (non-hydrogen) atoms. The molecule has 0 heterocycles. The van der Waals surface area contributed by atoms with E-state index in [1.807, 2.05) is 0 Å². The molecule has 0 aliphatic rings. The van der Waals surface area contributed by atoms with Gasteiger partial charge >= 0.3 is 11.9 Å². The lowest BCUT2D eigenvalue weighted by Crippen LogP contribution is -3.00. The predicted octanol–water partition coefficient (Wildman–Crippen LogP) is -10.2. The highest BCUT2D eigenvalue weighted by atomic mass is 35.5. The Balaban J connectivity index is -0.000000605. The van der Waals surface area contributed by atoms with Crippen LogP contribution in [0, 0.1) is 0 Å². The number of nitrogens with two attached hydrogens (primary N) is 2. The molecule has 0 saturated heterocycles. The second-order valence-electron chi connectivity index (χ2n) is 2.56. The van der Waals surface area contributed by atoms with Crippen molar-refractivity contribution in [1.29, 1.82) is 0 Å². The molecule has 0 aliphatic carbocycles. The zero-order chi connectivity index (χ0) is 9.56. The van der Waals surface area contributed by atoms with Crippen molar-refractivity contribution in [2.24, 2.45) is 11.5 Å². The molecule has 0 aromatic heterocycles. The van der Waals surface area contributed by atoms with Gasteiger partial charge in [-0.2, -0.15) is 0 Å². The number of halogens is 2. The van der Waals surface area contributed by atoms with Crippen LogP contribution in [0.25, 0.3) is 0 Å². The number of aliphatic carboxylic acids is 1. The van der Waals surface area contributed by atoms with Crippen LogP contribution in [0.3, 0.4) is 0 Å². The fourth-order valence-electron chi connectivity index (χ4n) is 0.705. The van der Waals surface area contributed by atoms with Gasteiger partial charge in [0.15, 0.2) is 6.04 Å². The van der Waals surface area contributed by atoms with Crippen LogP contribution in [-0.4, -0.2) is 29.6 Å². The van der Waals surface area contributed by atoms with Crippen LogP contribution in [0.4, 0.5) is 0 Å². The average molecular weight is 248 g/mol. The Labute approximate surface area is 94.7 Å². The van der Waals surface area contributed by atoms with Crippen molar-refractivity contribution < 1.29 is 45.4 Å². The SMILES string of the molecule is NC(N)=[NH+]CCC[C@H]([NH3+])[13C](=O)O.[Cl-].[Cl-].